The first kappa shape index (κ1) is 21.7. The number of rotatable bonds is 8. The van der Waals surface area contributed by atoms with Crippen LogP contribution in [-0.4, -0.2) is 0 Å². The summed E-state index contributed by atoms with van der Waals surface area (Å²) in [6.07, 6.45) is 3.38. The molecule has 0 amide bonds. The molecule has 0 bridgehead atoms. The zero-order chi connectivity index (χ0) is 20.1. The van der Waals surface area contributed by atoms with E-state index in [4.69, 9.17) is 0 Å². The van der Waals surface area contributed by atoms with Crippen molar-refractivity contribution in [3.63, 3.8) is 0 Å². The third-order valence-electron chi connectivity index (χ3n) is 5.18. The highest BCUT2D eigenvalue weighted by molar-refractivity contribution is 5.39. The molecule has 0 fully saturated rings. The molecule has 2 aromatic carbocycles. The lowest BCUT2D eigenvalue weighted by Gasteiger charge is -2.16. The van der Waals surface area contributed by atoms with Gasteiger partial charge in [0.05, 0.1) is 0 Å². The summed E-state index contributed by atoms with van der Waals surface area (Å²) >= 11 is 0. The first-order valence-corrected chi connectivity index (χ1v) is 10.9. The van der Waals surface area contributed by atoms with Crippen LogP contribution in [0.15, 0.2) is 36.4 Å². The van der Waals surface area contributed by atoms with E-state index in [0.717, 1.165) is 6.42 Å². The van der Waals surface area contributed by atoms with Gasteiger partial charge >= 0.3 is 0 Å². The molecule has 0 heterocycles. The van der Waals surface area contributed by atoms with Crippen molar-refractivity contribution in [3.8, 4) is 0 Å². The van der Waals surface area contributed by atoms with Gasteiger partial charge in [0.1, 0.15) is 0 Å². The van der Waals surface area contributed by atoms with Gasteiger partial charge in [-0.3, -0.25) is 0 Å². The molecule has 0 nitrogen and oxygen atoms in total. The fourth-order valence-corrected chi connectivity index (χ4v) is 3.87. The van der Waals surface area contributed by atoms with Crippen LogP contribution in [0.3, 0.4) is 0 Å². The van der Waals surface area contributed by atoms with Crippen molar-refractivity contribution in [2.24, 2.45) is 11.8 Å². The summed E-state index contributed by atoms with van der Waals surface area (Å²) in [6, 6.07) is 14.6. The van der Waals surface area contributed by atoms with E-state index in [2.05, 4.69) is 91.8 Å². The Morgan fingerprint density at radius 1 is 0.481 bits per heavy atom. The van der Waals surface area contributed by atoms with E-state index >= 15 is 0 Å². The van der Waals surface area contributed by atoms with Crippen molar-refractivity contribution in [3.05, 3.63) is 69.8 Å². The van der Waals surface area contributed by atoms with Crippen LogP contribution in [0.2, 0.25) is 0 Å². The summed E-state index contributed by atoms with van der Waals surface area (Å²) in [5, 5.41) is 0. The van der Waals surface area contributed by atoms with Crippen molar-refractivity contribution >= 4 is 0 Å². The molecule has 0 radical (unpaired) electrons. The summed E-state index contributed by atoms with van der Waals surface area (Å²) in [5.41, 5.74) is 8.87. The van der Waals surface area contributed by atoms with E-state index in [1.807, 2.05) is 0 Å². The largest absolute Gasteiger partial charge is 0.0625 e. The summed E-state index contributed by atoms with van der Waals surface area (Å²) in [4.78, 5) is 0. The Hall–Kier alpha value is -1.56. The molecular weight excluding hydrogens is 324 g/mol. The van der Waals surface area contributed by atoms with Crippen molar-refractivity contribution in [1.29, 1.82) is 0 Å². The van der Waals surface area contributed by atoms with Crippen molar-refractivity contribution in [2.75, 3.05) is 0 Å². The first-order chi connectivity index (χ1) is 12.6. The second-order valence-electron chi connectivity index (χ2n) is 9.85. The van der Waals surface area contributed by atoms with E-state index in [1.54, 1.807) is 0 Å². The number of hydrogen-bond acceptors (Lipinski definition) is 0. The molecule has 0 unspecified atom stereocenters. The van der Waals surface area contributed by atoms with Crippen LogP contribution in [0.4, 0.5) is 0 Å². The second-order valence-corrected chi connectivity index (χ2v) is 9.85. The predicted octanol–water partition coefficient (Wildman–Crippen LogP) is 7.92. The average molecular weight is 365 g/mol. The standard InChI is InChI=1S/C27H40/c1-18(2)9-22-11-23(10-19(3)4)13-24(12-22)14-25-15-26(20(5)6)17-27(16-25)21(7)8/h11-13,15-21H,9-10,14H2,1-8H3. The van der Waals surface area contributed by atoms with Gasteiger partial charge in [-0.1, -0.05) is 91.8 Å². The van der Waals surface area contributed by atoms with E-state index in [9.17, 15) is 0 Å². The van der Waals surface area contributed by atoms with Crippen LogP contribution in [0.1, 0.15) is 101 Å². The highest BCUT2D eigenvalue weighted by atomic mass is 14.2. The van der Waals surface area contributed by atoms with E-state index < -0.39 is 0 Å². The van der Waals surface area contributed by atoms with Gasteiger partial charge in [0.2, 0.25) is 0 Å². The molecule has 0 atom stereocenters. The quantitative estimate of drug-likeness (QED) is 0.446. The van der Waals surface area contributed by atoms with Crippen LogP contribution >= 0.6 is 0 Å². The number of benzene rings is 2. The molecule has 0 N–H and O–H groups in total. The van der Waals surface area contributed by atoms with E-state index in [0.29, 0.717) is 23.7 Å². The minimum Gasteiger partial charge on any atom is -0.0625 e. The zero-order valence-corrected chi connectivity index (χ0v) is 18.9. The fourth-order valence-electron chi connectivity index (χ4n) is 3.87. The summed E-state index contributed by atoms with van der Waals surface area (Å²) in [5.74, 6) is 2.55. The second kappa shape index (κ2) is 9.58. The Bertz CT molecular complexity index is 677. The van der Waals surface area contributed by atoms with Gasteiger partial charge in [0.15, 0.2) is 0 Å². The van der Waals surface area contributed by atoms with Crippen molar-refractivity contribution < 1.29 is 0 Å². The predicted molar refractivity (Wildman–Crippen MR) is 121 cm³/mol. The minimum atomic E-state index is 0.575. The molecule has 148 valence electrons. The Balaban J connectivity index is 2.39. The van der Waals surface area contributed by atoms with Gasteiger partial charge in [-0.2, -0.15) is 0 Å². The Kier molecular flexibility index (Phi) is 7.71. The maximum Gasteiger partial charge on any atom is -0.00254 e. The van der Waals surface area contributed by atoms with Crippen LogP contribution in [0, 0.1) is 11.8 Å². The lowest BCUT2D eigenvalue weighted by Crippen LogP contribution is -2.02. The molecule has 0 aliphatic heterocycles. The summed E-state index contributed by atoms with van der Waals surface area (Å²) in [6.45, 7) is 18.5. The van der Waals surface area contributed by atoms with Crippen molar-refractivity contribution in [1.82, 2.24) is 0 Å². The molecule has 0 aliphatic rings. The molecule has 0 saturated carbocycles. The zero-order valence-electron chi connectivity index (χ0n) is 18.9. The molecule has 0 heteroatoms. The van der Waals surface area contributed by atoms with Gasteiger partial charge in [-0.05, 0) is 76.3 Å². The molecule has 2 aromatic rings. The fraction of sp³-hybridized carbons (Fsp3) is 0.556. The topological polar surface area (TPSA) is 0 Å². The third kappa shape index (κ3) is 6.83. The molecule has 2 rings (SSSR count). The lowest BCUT2D eigenvalue weighted by atomic mass is 9.89. The highest BCUT2D eigenvalue weighted by Gasteiger charge is 2.10. The normalized spacial score (nSPS) is 12.0. The van der Waals surface area contributed by atoms with Crippen molar-refractivity contribution in [2.45, 2.75) is 86.5 Å². The molecule has 0 aliphatic carbocycles. The molecule has 0 spiro atoms. The summed E-state index contributed by atoms with van der Waals surface area (Å²) < 4.78 is 0. The maximum atomic E-state index is 2.45. The maximum absolute atomic E-state index is 2.45. The van der Waals surface area contributed by atoms with E-state index in [-0.39, 0.29) is 0 Å². The van der Waals surface area contributed by atoms with Gasteiger partial charge in [0, 0.05) is 0 Å². The molecule has 0 aromatic heterocycles. The molecular formula is C27H40. The van der Waals surface area contributed by atoms with Gasteiger partial charge < -0.3 is 0 Å². The SMILES string of the molecule is CC(C)Cc1cc(Cc2cc(C(C)C)cc(C(C)C)c2)cc(CC(C)C)c1. The van der Waals surface area contributed by atoms with Crippen LogP contribution in [0.5, 0.6) is 0 Å². The van der Waals surface area contributed by atoms with Gasteiger partial charge in [-0.15, -0.1) is 0 Å². The summed E-state index contributed by atoms with van der Waals surface area (Å²) in [7, 11) is 0. The Morgan fingerprint density at radius 2 is 0.852 bits per heavy atom. The minimum absolute atomic E-state index is 0.575. The van der Waals surface area contributed by atoms with Crippen LogP contribution < -0.4 is 0 Å². The number of hydrogen-bond donors (Lipinski definition) is 0. The lowest BCUT2D eigenvalue weighted by molar-refractivity contribution is 0.635. The average Bonchev–Trinajstić information content (AvgIpc) is 2.52. The Labute approximate surface area is 168 Å². The molecule has 27 heavy (non-hydrogen) atoms. The highest BCUT2D eigenvalue weighted by Crippen LogP contribution is 2.26. The van der Waals surface area contributed by atoms with Gasteiger partial charge in [0.25, 0.3) is 0 Å². The smallest absolute Gasteiger partial charge is 0.00254 e. The first-order valence-electron chi connectivity index (χ1n) is 10.9. The third-order valence-corrected chi connectivity index (χ3v) is 5.18. The molecule has 0 saturated heterocycles. The Morgan fingerprint density at radius 3 is 1.22 bits per heavy atom. The monoisotopic (exact) mass is 364 g/mol. The van der Waals surface area contributed by atoms with Gasteiger partial charge in [-0.25, -0.2) is 0 Å². The van der Waals surface area contributed by atoms with Crippen LogP contribution in [-0.2, 0) is 19.3 Å². The van der Waals surface area contributed by atoms with Crippen LogP contribution in [0.25, 0.3) is 0 Å². The van der Waals surface area contributed by atoms with E-state index in [1.165, 1.54) is 46.2 Å².